The molecule has 182 valence electrons. The van der Waals surface area contributed by atoms with Crippen molar-refractivity contribution >= 4 is 34.7 Å². The number of thiol groups is 1. The maximum atomic E-state index is 12.5. The second-order valence-electron chi connectivity index (χ2n) is 8.95. The van der Waals surface area contributed by atoms with Crippen LogP contribution in [-0.2, 0) is 6.42 Å². The lowest BCUT2D eigenvalue weighted by Crippen LogP contribution is -2.47. The zero-order valence-corrected chi connectivity index (χ0v) is 20.8. The van der Waals surface area contributed by atoms with Crippen LogP contribution in [0.3, 0.4) is 0 Å². The maximum Gasteiger partial charge on any atom is 0.278 e. The Balaban J connectivity index is 1.50. The zero-order chi connectivity index (χ0) is 24.8. The van der Waals surface area contributed by atoms with E-state index in [4.69, 9.17) is 4.74 Å². The molecule has 3 atom stereocenters. The van der Waals surface area contributed by atoms with E-state index in [1.807, 2.05) is 59.6 Å². The Morgan fingerprint density at radius 3 is 2.77 bits per heavy atom. The van der Waals surface area contributed by atoms with Crippen molar-refractivity contribution in [3.05, 3.63) is 84.6 Å². The zero-order valence-electron chi connectivity index (χ0n) is 19.9. The fraction of sp³-hybridized carbons (Fsp3) is 0.321. The number of ether oxygens (including phenoxy) is 1. The Bertz CT molecular complexity index is 1200. The Hall–Kier alpha value is -3.32. The molecule has 1 N–H and O–H groups in total. The third kappa shape index (κ3) is 5.85. The number of aromatic nitrogens is 1. The average molecular weight is 490 g/mol. The molecule has 1 aliphatic heterocycles. The largest absolute Gasteiger partial charge is 0.497 e. The molecule has 0 spiro atoms. The van der Waals surface area contributed by atoms with Crippen molar-refractivity contribution in [2.45, 2.75) is 25.3 Å². The van der Waals surface area contributed by atoms with Crippen molar-refractivity contribution < 1.29 is 14.3 Å². The van der Waals surface area contributed by atoms with E-state index in [1.54, 1.807) is 19.2 Å². The Morgan fingerprint density at radius 2 is 2.06 bits per heavy atom. The van der Waals surface area contributed by atoms with Gasteiger partial charge in [0.15, 0.2) is 0 Å². The first-order valence-electron chi connectivity index (χ1n) is 11.9. The minimum atomic E-state index is -0.211. The van der Waals surface area contributed by atoms with Crippen LogP contribution >= 0.6 is 12.6 Å². The van der Waals surface area contributed by atoms with Crippen LogP contribution in [0, 0.1) is 11.8 Å². The van der Waals surface area contributed by atoms with E-state index in [2.05, 4.69) is 29.5 Å². The third-order valence-electron chi connectivity index (χ3n) is 6.94. The van der Waals surface area contributed by atoms with Crippen LogP contribution in [0.2, 0.25) is 0 Å². The molecule has 2 amide bonds. The first-order chi connectivity index (χ1) is 17.0. The molecule has 6 nitrogen and oxygen atoms in total. The van der Waals surface area contributed by atoms with Crippen molar-refractivity contribution in [1.29, 1.82) is 0 Å². The van der Waals surface area contributed by atoms with Crippen LogP contribution in [0.5, 0.6) is 5.75 Å². The van der Waals surface area contributed by atoms with Gasteiger partial charge in [-0.1, -0.05) is 36.9 Å². The van der Waals surface area contributed by atoms with Gasteiger partial charge >= 0.3 is 0 Å². The highest BCUT2D eigenvalue weighted by atomic mass is 32.1. The van der Waals surface area contributed by atoms with E-state index in [0.717, 1.165) is 35.1 Å². The molecular weight excluding hydrogens is 458 g/mol. The number of hydrogen-bond donors (Lipinski definition) is 2. The smallest absolute Gasteiger partial charge is 0.278 e. The van der Waals surface area contributed by atoms with Gasteiger partial charge in [0, 0.05) is 36.3 Å². The molecule has 1 fully saturated rings. The van der Waals surface area contributed by atoms with Crippen LogP contribution in [0.15, 0.2) is 73.4 Å². The monoisotopic (exact) mass is 489 g/mol. The van der Waals surface area contributed by atoms with Crippen molar-refractivity contribution in [3.63, 3.8) is 0 Å². The predicted octanol–water partition coefficient (Wildman–Crippen LogP) is 5.15. The van der Waals surface area contributed by atoms with Crippen molar-refractivity contribution in [2.24, 2.45) is 11.8 Å². The summed E-state index contributed by atoms with van der Waals surface area (Å²) in [7, 11) is 1.65. The number of pyridine rings is 1. The first kappa shape index (κ1) is 24.8. The predicted molar refractivity (Wildman–Crippen MR) is 142 cm³/mol. The number of methoxy groups -OCH3 is 1. The van der Waals surface area contributed by atoms with Gasteiger partial charge in [-0.15, -0.1) is 6.58 Å². The van der Waals surface area contributed by atoms with E-state index in [1.165, 1.54) is 0 Å². The van der Waals surface area contributed by atoms with Crippen LogP contribution < -0.4 is 10.1 Å². The van der Waals surface area contributed by atoms with Gasteiger partial charge < -0.3 is 15.0 Å². The topological polar surface area (TPSA) is 71.5 Å². The number of carbonyl (C=O) groups is 2. The summed E-state index contributed by atoms with van der Waals surface area (Å²) in [6, 6.07) is 17.1. The van der Waals surface area contributed by atoms with Gasteiger partial charge in [-0.25, -0.2) is 0 Å². The first-order valence-corrected chi connectivity index (χ1v) is 12.3. The summed E-state index contributed by atoms with van der Waals surface area (Å²) in [5.74, 6) is 1.09. The SMILES string of the molecule is C=CC(CNC(=O)c1ccccc1)C1CCN(C(=O)S)C(Cc2ccnc3ccc(OC)cc23)C1. The van der Waals surface area contributed by atoms with Crippen LogP contribution in [0.25, 0.3) is 10.9 Å². The quantitative estimate of drug-likeness (QED) is 0.339. The van der Waals surface area contributed by atoms with Gasteiger partial charge in [-0.2, -0.15) is 0 Å². The summed E-state index contributed by atoms with van der Waals surface area (Å²) in [5.41, 5.74) is 2.65. The molecule has 2 aromatic carbocycles. The number of rotatable bonds is 8. The lowest BCUT2D eigenvalue weighted by molar-refractivity contribution is 0.0933. The Kier molecular flexibility index (Phi) is 8.08. The highest BCUT2D eigenvalue weighted by Gasteiger charge is 2.34. The van der Waals surface area contributed by atoms with E-state index >= 15 is 0 Å². The number of likely N-dealkylation sites (tertiary alicyclic amines) is 1. The van der Waals surface area contributed by atoms with Crippen molar-refractivity contribution in [3.8, 4) is 5.75 Å². The molecule has 35 heavy (non-hydrogen) atoms. The molecule has 7 heteroatoms. The van der Waals surface area contributed by atoms with Crippen molar-refractivity contribution in [1.82, 2.24) is 15.2 Å². The maximum absolute atomic E-state index is 12.5. The molecule has 3 aromatic rings. The number of nitrogens with one attached hydrogen (secondary N) is 1. The van der Waals surface area contributed by atoms with Gasteiger partial charge in [-0.05, 0) is 73.1 Å². The normalized spacial score (nSPS) is 18.6. The second kappa shape index (κ2) is 11.4. The summed E-state index contributed by atoms with van der Waals surface area (Å²) in [4.78, 5) is 31.2. The fourth-order valence-electron chi connectivity index (χ4n) is 5.00. The molecule has 1 aromatic heterocycles. The highest BCUT2D eigenvalue weighted by molar-refractivity contribution is 7.96. The summed E-state index contributed by atoms with van der Waals surface area (Å²) in [5, 5.41) is 3.87. The minimum Gasteiger partial charge on any atom is -0.497 e. The van der Waals surface area contributed by atoms with Crippen LogP contribution in [0.4, 0.5) is 4.79 Å². The standard InChI is InChI=1S/C28H31N3O3S/c1-3-19(18-30-27(32)20-7-5-4-6-8-20)21-12-14-31(28(33)35)23(15-21)16-22-11-13-29-26-10-9-24(34-2)17-25(22)26/h3-11,13,17,19,21,23H,1,12,14-16,18H2,2H3,(H,30,32)(H,33,35). The molecule has 2 heterocycles. The molecule has 1 aliphatic rings. The molecule has 0 aliphatic carbocycles. The lowest BCUT2D eigenvalue weighted by Gasteiger charge is -2.41. The molecular formula is C28H31N3O3S. The van der Waals surface area contributed by atoms with Gasteiger partial charge in [-0.3, -0.25) is 14.6 Å². The van der Waals surface area contributed by atoms with E-state index in [-0.39, 0.29) is 23.1 Å². The summed E-state index contributed by atoms with van der Waals surface area (Å²) < 4.78 is 5.42. The Morgan fingerprint density at radius 1 is 1.26 bits per heavy atom. The molecule has 4 rings (SSSR count). The van der Waals surface area contributed by atoms with Gasteiger partial charge in [0.25, 0.3) is 11.1 Å². The summed E-state index contributed by atoms with van der Waals surface area (Å²) in [6.07, 6.45) is 6.07. The van der Waals surface area contributed by atoms with E-state index in [0.29, 0.717) is 31.0 Å². The number of piperidine rings is 1. The summed E-state index contributed by atoms with van der Waals surface area (Å²) >= 11 is 4.16. The van der Waals surface area contributed by atoms with Gasteiger partial charge in [0.2, 0.25) is 0 Å². The van der Waals surface area contributed by atoms with Crippen molar-refractivity contribution in [2.75, 3.05) is 20.2 Å². The average Bonchev–Trinajstić information content (AvgIpc) is 2.89. The second-order valence-corrected chi connectivity index (χ2v) is 9.33. The lowest BCUT2D eigenvalue weighted by atomic mass is 9.79. The number of benzene rings is 2. The van der Waals surface area contributed by atoms with Gasteiger partial charge in [0.1, 0.15) is 5.75 Å². The van der Waals surface area contributed by atoms with Gasteiger partial charge in [0.05, 0.1) is 12.6 Å². The molecule has 0 radical (unpaired) electrons. The number of nitrogens with zero attached hydrogens (tertiary/aromatic N) is 2. The number of carbonyl (C=O) groups excluding carboxylic acids is 2. The highest BCUT2D eigenvalue weighted by Crippen LogP contribution is 2.33. The number of fused-ring (bicyclic) bond motifs is 1. The minimum absolute atomic E-state index is 0.0113. The number of amides is 2. The molecule has 0 saturated carbocycles. The van der Waals surface area contributed by atoms with E-state index < -0.39 is 0 Å². The third-order valence-corrected chi connectivity index (χ3v) is 7.20. The molecule has 0 bridgehead atoms. The fourth-order valence-corrected chi connectivity index (χ4v) is 5.27. The molecule has 3 unspecified atom stereocenters. The Labute approximate surface area is 211 Å². The van der Waals surface area contributed by atoms with Crippen LogP contribution in [0.1, 0.15) is 28.8 Å². The molecule has 1 saturated heterocycles. The summed E-state index contributed by atoms with van der Waals surface area (Å²) in [6.45, 7) is 5.18. The van der Waals surface area contributed by atoms with E-state index in [9.17, 15) is 9.59 Å². The van der Waals surface area contributed by atoms with Crippen LogP contribution in [-0.4, -0.2) is 47.3 Å². The number of hydrogen-bond acceptors (Lipinski definition) is 4.